The molecule has 0 saturated carbocycles. The summed E-state index contributed by atoms with van der Waals surface area (Å²) >= 11 is 0. The smallest absolute Gasteiger partial charge is 0.226 e. The minimum atomic E-state index is 0.209. The molecule has 0 atom stereocenters. The monoisotopic (exact) mass is 335 g/mol. The van der Waals surface area contributed by atoms with Gasteiger partial charge in [0.2, 0.25) is 5.91 Å². The SMILES string of the molecule is CN(C)CCN1CCOCC2(CCN(C(=O)C3CC=CC3)CC2)C1. The molecule has 136 valence electrons. The lowest BCUT2D eigenvalue weighted by molar-refractivity contribution is -0.138. The number of carbonyl (C=O) groups excluding carboxylic acids is 1. The molecule has 0 radical (unpaired) electrons. The number of allylic oxidation sites excluding steroid dienone is 2. The van der Waals surface area contributed by atoms with Gasteiger partial charge in [0.1, 0.15) is 0 Å². The largest absolute Gasteiger partial charge is 0.379 e. The van der Waals surface area contributed by atoms with Gasteiger partial charge < -0.3 is 14.5 Å². The zero-order valence-electron chi connectivity index (χ0n) is 15.4. The maximum absolute atomic E-state index is 12.6. The van der Waals surface area contributed by atoms with Gasteiger partial charge in [-0.25, -0.2) is 0 Å². The topological polar surface area (TPSA) is 36.0 Å². The van der Waals surface area contributed by atoms with Gasteiger partial charge >= 0.3 is 0 Å². The average Bonchev–Trinajstić information content (AvgIpc) is 3.04. The number of hydrogen-bond acceptors (Lipinski definition) is 4. The summed E-state index contributed by atoms with van der Waals surface area (Å²) < 4.78 is 5.95. The second kappa shape index (κ2) is 7.98. The number of ether oxygens (including phenoxy) is 1. The number of amides is 1. The van der Waals surface area contributed by atoms with E-state index in [9.17, 15) is 4.79 Å². The van der Waals surface area contributed by atoms with E-state index >= 15 is 0 Å². The van der Waals surface area contributed by atoms with Gasteiger partial charge in [-0.1, -0.05) is 12.2 Å². The summed E-state index contributed by atoms with van der Waals surface area (Å²) in [7, 11) is 4.26. The lowest BCUT2D eigenvalue weighted by Crippen LogP contribution is -2.50. The van der Waals surface area contributed by atoms with Crippen molar-refractivity contribution in [2.45, 2.75) is 25.7 Å². The Labute approximate surface area is 146 Å². The maximum Gasteiger partial charge on any atom is 0.226 e. The first-order valence-corrected chi connectivity index (χ1v) is 9.47. The molecule has 0 bridgehead atoms. The first-order valence-electron chi connectivity index (χ1n) is 9.47. The fourth-order valence-electron chi connectivity index (χ4n) is 4.19. The fraction of sp³-hybridized carbons (Fsp3) is 0.842. The van der Waals surface area contributed by atoms with Gasteiger partial charge in [-0.3, -0.25) is 9.69 Å². The van der Waals surface area contributed by atoms with Crippen molar-refractivity contribution in [1.82, 2.24) is 14.7 Å². The van der Waals surface area contributed by atoms with Crippen LogP contribution in [0.15, 0.2) is 12.2 Å². The van der Waals surface area contributed by atoms with Crippen molar-refractivity contribution in [3.05, 3.63) is 12.2 Å². The molecule has 0 N–H and O–H groups in total. The van der Waals surface area contributed by atoms with Crippen LogP contribution in [0.1, 0.15) is 25.7 Å². The van der Waals surface area contributed by atoms with Crippen LogP contribution in [0.3, 0.4) is 0 Å². The van der Waals surface area contributed by atoms with Crippen molar-refractivity contribution in [3.8, 4) is 0 Å². The highest BCUT2D eigenvalue weighted by atomic mass is 16.5. The molecule has 5 heteroatoms. The Morgan fingerprint density at radius 1 is 1.21 bits per heavy atom. The molecular formula is C19H33N3O2. The Morgan fingerprint density at radius 2 is 1.92 bits per heavy atom. The molecule has 2 saturated heterocycles. The molecule has 5 nitrogen and oxygen atoms in total. The first kappa shape index (κ1) is 17.9. The normalized spacial score (nSPS) is 25.5. The van der Waals surface area contributed by atoms with Crippen molar-refractivity contribution < 1.29 is 9.53 Å². The predicted octanol–water partition coefficient (Wildman–Crippen LogP) is 1.46. The van der Waals surface area contributed by atoms with Gasteiger partial charge in [-0.15, -0.1) is 0 Å². The molecule has 3 rings (SSSR count). The van der Waals surface area contributed by atoms with E-state index in [2.05, 4.69) is 40.9 Å². The number of carbonyl (C=O) groups is 1. The summed E-state index contributed by atoms with van der Waals surface area (Å²) in [6, 6.07) is 0. The van der Waals surface area contributed by atoms with Crippen molar-refractivity contribution in [3.63, 3.8) is 0 Å². The van der Waals surface area contributed by atoms with E-state index in [4.69, 9.17) is 4.74 Å². The molecule has 0 aromatic carbocycles. The highest BCUT2D eigenvalue weighted by molar-refractivity contribution is 5.79. The van der Waals surface area contributed by atoms with E-state index in [1.54, 1.807) is 0 Å². The van der Waals surface area contributed by atoms with E-state index in [0.29, 0.717) is 5.91 Å². The molecule has 0 aromatic rings. The number of hydrogen-bond donors (Lipinski definition) is 0. The molecular weight excluding hydrogens is 302 g/mol. The summed E-state index contributed by atoms with van der Waals surface area (Å²) in [6.07, 6.45) is 8.32. The van der Waals surface area contributed by atoms with Crippen LogP contribution in [0, 0.1) is 11.3 Å². The lowest BCUT2D eigenvalue weighted by Gasteiger charge is -2.43. The summed E-state index contributed by atoms with van der Waals surface area (Å²) in [6.45, 7) is 7.86. The van der Waals surface area contributed by atoms with Gasteiger partial charge in [-0.05, 0) is 39.8 Å². The number of likely N-dealkylation sites (N-methyl/N-ethyl adjacent to an activating group) is 1. The quantitative estimate of drug-likeness (QED) is 0.729. The highest BCUT2D eigenvalue weighted by Crippen LogP contribution is 2.35. The van der Waals surface area contributed by atoms with Crippen molar-refractivity contribution in [2.75, 3.05) is 66.6 Å². The standard InChI is InChI=1S/C19H33N3O2/c1-20(2)11-12-21-13-14-24-16-19(15-21)7-9-22(10-8-19)18(23)17-5-3-4-6-17/h3-4,17H,5-16H2,1-2H3. The minimum absolute atomic E-state index is 0.209. The number of piperidine rings is 1. The Hall–Kier alpha value is -0.910. The zero-order valence-corrected chi connectivity index (χ0v) is 15.4. The summed E-state index contributed by atoms with van der Waals surface area (Å²) in [5.41, 5.74) is 0.244. The highest BCUT2D eigenvalue weighted by Gasteiger charge is 2.39. The van der Waals surface area contributed by atoms with Crippen LogP contribution < -0.4 is 0 Å². The van der Waals surface area contributed by atoms with Gasteiger partial charge in [0.15, 0.2) is 0 Å². The van der Waals surface area contributed by atoms with Gasteiger partial charge in [-0.2, -0.15) is 0 Å². The Kier molecular flexibility index (Phi) is 5.95. The van der Waals surface area contributed by atoms with Crippen LogP contribution >= 0.6 is 0 Å². The van der Waals surface area contributed by atoms with Crippen LogP contribution in [0.4, 0.5) is 0 Å². The number of nitrogens with zero attached hydrogens (tertiary/aromatic N) is 3. The molecule has 2 aliphatic heterocycles. The molecule has 1 spiro atoms. The predicted molar refractivity (Wildman–Crippen MR) is 95.9 cm³/mol. The van der Waals surface area contributed by atoms with Crippen LogP contribution in [-0.2, 0) is 9.53 Å². The molecule has 3 aliphatic rings. The second-order valence-electron chi connectivity index (χ2n) is 8.10. The van der Waals surface area contributed by atoms with Gasteiger partial charge in [0.05, 0.1) is 13.2 Å². The van der Waals surface area contributed by atoms with E-state index < -0.39 is 0 Å². The van der Waals surface area contributed by atoms with E-state index in [0.717, 1.165) is 78.2 Å². The molecule has 1 amide bonds. The number of rotatable bonds is 4. The van der Waals surface area contributed by atoms with Gasteiger partial charge in [0, 0.05) is 50.6 Å². The number of likely N-dealkylation sites (tertiary alicyclic amines) is 1. The fourth-order valence-corrected chi connectivity index (χ4v) is 4.19. The maximum atomic E-state index is 12.6. The van der Waals surface area contributed by atoms with Crippen LogP contribution in [0.5, 0.6) is 0 Å². The second-order valence-corrected chi connectivity index (χ2v) is 8.10. The zero-order chi connectivity index (χ0) is 17.0. The summed E-state index contributed by atoms with van der Waals surface area (Å²) in [4.78, 5) is 19.5. The Morgan fingerprint density at radius 3 is 2.58 bits per heavy atom. The van der Waals surface area contributed by atoms with Crippen molar-refractivity contribution in [1.29, 1.82) is 0 Å². The van der Waals surface area contributed by atoms with E-state index in [-0.39, 0.29) is 11.3 Å². The van der Waals surface area contributed by atoms with Crippen LogP contribution in [-0.4, -0.2) is 87.2 Å². The van der Waals surface area contributed by atoms with E-state index in [1.165, 1.54) is 0 Å². The molecule has 2 heterocycles. The average molecular weight is 335 g/mol. The van der Waals surface area contributed by atoms with Crippen LogP contribution in [0.2, 0.25) is 0 Å². The molecule has 2 fully saturated rings. The van der Waals surface area contributed by atoms with E-state index in [1.807, 2.05) is 0 Å². The third kappa shape index (κ3) is 4.38. The Bertz CT molecular complexity index is 448. The molecule has 24 heavy (non-hydrogen) atoms. The van der Waals surface area contributed by atoms with Crippen molar-refractivity contribution >= 4 is 5.91 Å². The molecule has 0 unspecified atom stereocenters. The molecule has 0 aromatic heterocycles. The Balaban J connectivity index is 1.53. The summed E-state index contributed by atoms with van der Waals surface area (Å²) in [5, 5.41) is 0. The minimum Gasteiger partial charge on any atom is -0.379 e. The summed E-state index contributed by atoms with van der Waals surface area (Å²) in [5.74, 6) is 0.579. The van der Waals surface area contributed by atoms with Crippen molar-refractivity contribution in [2.24, 2.45) is 11.3 Å². The first-order chi connectivity index (χ1) is 11.6. The molecule has 1 aliphatic carbocycles. The van der Waals surface area contributed by atoms with Gasteiger partial charge in [0.25, 0.3) is 0 Å². The third-order valence-corrected chi connectivity index (χ3v) is 5.88. The lowest BCUT2D eigenvalue weighted by atomic mass is 9.78. The van der Waals surface area contributed by atoms with Crippen LogP contribution in [0.25, 0.3) is 0 Å². The third-order valence-electron chi connectivity index (χ3n) is 5.88.